The fraction of sp³-hybridized carbons (Fsp3) is 0.300. The van der Waals surface area contributed by atoms with Gasteiger partial charge in [0.1, 0.15) is 18.1 Å². The lowest BCUT2D eigenvalue weighted by molar-refractivity contribution is -0.116. The average molecular weight is 385 g/mol. The second-order valence-corrected chi connectivity index (χ2v) is 9.14. The molecule has 27 heavy (non-hydrogen) atoms. The minimum absolute atomic E-state index is 0.00271. The highest BCUT2D eigenvalue weighted by Crippen LogP contribution is 2.20. The molecule has 0 saturated carbocycles. The zero-order valence-corrected chi connectivity index (χ0v) is 16.5. The molecule has 3 rings (SSSR count). The van der Waals surface area contributed by atoms with Crippen molar-refractivity contribution in [1.29, 1.82) is 0 Å². The van der Waals surface area contributed by atoms with Crippen LogP contribution < -0.4 is 5.32 Å². The van der Waals surface area contributed by atoms with Gasteiger partial charge in [-0.05, 0) is 35.7 Å². The van der Waals surface area contributed by atoms with E-state index in [1.54, 1.807) is 4.57 Å². The molecule has 7 heteroatoms. The number of hydrogen-bond acceptors (Lipinski definition) is 4. The molecule has 0 aliphatic heterocycles. The second kappa shape index (κ2) is 7.52. The second-order valence-electron chi connectivity index (χ2n) is 7.00. The van der Waals surface area contributed by atoms with Gasteiger partial charge in [0.25, 0.3) is 0 Å². The third-order valence-corrected chi connectivity index (χ3v) is 5.05. The Balaban J connectivity index is 1.88. The van der Waals surface area contributed by atoms with Crippen LogP contribution in [0.1, 0.15) is 31.2 Å². The van der Waals surface area contributed by atoms with E-state index in [0.29, 0.717) is 17.3 Å². The van der Waals surface area contributed by atoms with E-state index in [1.165, 1.54) is 0 Å². The van der Waals surface area contributed by atoms with Gasteiger partial charge in [0.2, 0.25) is 5.91 Å². The first-order valence-electron chi connectivity index (χ1n) is 8.74. The van der Waals surface area contributed by atoms with Gasteiger partial charge in [0.15, 0.2) is 9.84 Å². The molecule has 0 unspecified atom stereocenters. The lowest BCUT2D eigenvalue weighted by Gasteiger charge is -2.12. The molecular weight excluding hydrogens is 362 g/mol. The Morgan fingerprint density at radius 1 is 1.15 bits per heavy atom. The summed E-state index contributed by atoms with van der Waals surface area (Å²) in [4.78, 5) is 17.0. The van der Waals surface area contributed by atoms with Gasteiger partial charge in [-0.15, -0.1) is 0 Å². The number of nitrogens with zero attached hydrogens (tertiary/aromatic N) is 2. The van der Waals surface area contributed by atoms with Crippen molar-refractivity contribution in [3.8, 4) is 0 Å². The highest BCUT2D eigenvalue weighted by molar-refractivity contribution is 7.89. The van der Waals surface area contributed by atoms with Crippen molar-refractivity contribution in [2.45, 2.75) is 32.1 Å². The molecule has 0 spiro atoms. The van der Waals surface area contributed by atoms with Gasteiger partial charge < -0.3 is 9.88 Å². The summed E-state index contributed by atoms with van der Waals surface area (Å²) >= 11 is 0. The molecule has 0 saturated heterocycles. The molecule has 1 N–H and O–H groups in total. The van der Waals surface area contributed by atoms with E-state index in [-0.39, 0.29) is 18.2 Å². The van der Waals surface area contributed by atoms with Crippen LogP contribution in [0.4, 0.5) is 5.69 Å². The van der Waals surface area contributed by atoms with Crippen LogP contribution in [0.15, 0.2) is 48.5 Å². The smallest absolute Gasteiger partial charge is 0.244 e. The van der Waals surface area contributed by atoms with Crippen molar-refractivity contribution in [3.63, 3.8) is 0 Å². The van der Waals surface area contributed by atoms with Crippen molar-refractivity contribution >= 4 is 32.5 Å². The Hall–Kier alpha value is -2.67. The van der Waals surface area contributed by atoms with Gasteiger partial charge >= 0.3 is 0 Å². The first kappa shape index (κ1) is 19.1. The van der Waals surface area contributed by atoms with E-state index < -0.39 is 9.84 Å². The number of aromatic nitrogens is 2. The largest absolute Gasteiger partial charge is 0.325 e. The fourth-order valence-electron chi connectivity index (χ4n) is 2.97. The van der Waals surface area contributed by atoms with Crippen LogP contribution in [0.25, 0.3) is 11.0 Å². The monoisotopic (exact) mass is 385 g/mol. The van der Waals surface area contributed by atoms with Crippen LogP contribution in [-0.2, 0) is 26.9 Å². The molecule has 0 aliphatic carbocycles. The summed E-state index contributed by atoms with van der Waals surface area (Å²) in [7, 11) is -3.27. The molecule has 1 aromatic heterocycles. The summed E-state index contributed by atoms with van der Waals surface area (Å²) in [6.07, 6.45) is 1.16. The van der Waals surface area contributed by atoms with Crippen LogP contribution in [0.3, 0.4) is 0 Å². The molecule has 6 nitrogen and oxygen atoms in total. The van der Waals surface area contributed by atoms with Crippen LogP contribution >= 0.6 is 0 Å². The summed E-state index contributed by atoms with van der Waals surface area (Å²) in [5.74, 6) is 0.289. The highest BCUT2D eigenvalue weighted by atomic mass is 32.2. The van der Waals surface area contributed by atoms with E-state index in [2.05, 4.69) is 24.1 Å². The summed E-state index contributed by atoms with van der Waals surface area (Å²) in [5, 5.41) is 2.89. The number of benzene rings is 2. The minimum atomic E-state index is -3.27. The Labute approximate surface area is 159 Å². The van der Waals surface area contributed by atoms with Crippen molar-refractivity contribution in [2.24, 2.45) is 0 Å². The van der Waals surface area contributed by atoms with Gasteiger partial charge in [-0.1, -0.05) is 38.1 Å². The number of anilines is 1. The van der Waals surface area contributed by atoms with E-state index in [1.807, 2.05) is 48.5 Å². The molecule has 2 aromatic carbocycles. The van der Waals surface area contributed by atoms with Gasteiger partial charge in [-0.25, -0.2) is 13.4 Å². The van der Waals surface area contributed by atoms with Gasteiger partial charge in [0.05, 0.1) is 11.0 Å². The average Bonchev–Trinajstić information content (AvgIpc) is 2.90. The summed E-state index contributed by atoms with van der Waals surface area (Å²) in [5.41, 5.74) is 3.27. The quantitative estimate of drug-likeness (QED) is 0.706. The standard InChI is InChI=1S/C20H23N3O3S/c1-14(2)15-7-6-8-16(11-15)21-20(24)12-23-18-10-5-4-9-17(18)22-19(23)13-27(3,25)26/h4-11,14H,12-13H2,1-3H3,(H,21,24). The van der Waals surface area contributed by atoms with Crippen LogP contribution in [-0.4, -0.2) is 30.1 Å². The number of sulfone groups is 1. The number of hydrogen-bond donors (Lipinski definition) is 1. The maximum atomic E-state index is 12.6. The number of carbonyl (C=O) groups excluding carboxylic acids is 1. The Morgan fingerprint density at radius 3 is 2.59 bits per heavy atom. The third kappa shape index (κ3) is 4.74. The maximum absolute atomic E-state index is 12.6. The van der Waals surface area contributed by atoms with Gasteiger partial charge in [-0.2, -0.15) is 0 Å². The normalized spacial score (nSPS) is 11.9. The fourth-order valence-corrected chi connectivity index (χ4v) is 3.66. The Morgan fingerprint density at radius 2 is 1.89 bits per heavy atom. The molecule has 0 bridgehead atoms. The SMILES string of the molecule is CC(C)c1cccc(NC(=O)Cn2c(CS(C)(=O)=O)nc3ccccc32)c1. The third-order valence-electron chi connectivity index (χ3n) is 4.26. The Bertz CT molecular complexity index is 1080. The zero-order chi connectivity index (χ0) is 19.6. The van der Waals surface area contributed by atoms with E-state index in [9.17, 15) is 13.2 Å². The number of carbonyl (C=O) groups is 1. The lowest BCUT2D eigenvalue weighted by Crippen LogP contribution is -2.21. The van der Waals surface area contributed by atoms with Crippen molar-refractivity contribution in [3.05, 3.63) is 59.9 Å². The molecule has 0 aliphatic rings. The maximum Gasteiger partial charge on any atom is 0.244 e. The number of rotatable bonds is 6. The van der Waals surface area contributed by atoms with Crippen LogP contribution in [0.5, 0.6) is 0 Å². The van der Waals surface area contributed by atoms with E-state index >= 15 is 0 Å². The molecular formula is C20H23N3O3S. The first-order chi connectivity index (χ1) is 12.7. The molecule has 0 fully saturated rings. The van der Waals surface area contributed by atoms with E-state index in [0.717, 1.165) is 23.0 Å². The summed E-state index contributed by atoms with van der Waals surface area (Å²) < 4.78 is 25.2. The van der Waals surface area contributed by atoms with E-state index in [4.69, 9.17) is 0 Å². The van der Waals surface area contributed by atoms with Crippen LogP contribution in [0.2, 0.25) is 0 Å². The zero-order valence-electron chi connectivity index (χ0n) is 15.6. The predicted octanol–water partition coefficient (Wildman–Crippen LogP) is 3.34. The molecule has 1 heterocycles. The minimum Gasteiger partial charge on any atom is -0.325 e. The molecule has 0 atom stereocenters. The molecule has 0 radical (unpaired) electrons. The molecule has 142 valence electrons. The molecule has 1 amide bonds. The lowest BCUT2D eigenvalue weighted by atomic mass is 10.0. The topological polar surface area (TPSA) is 81.1 Å². The van der Waals surface area contributed by atoms with Gasteiger partial charge in [0, 0.05) is 11.9 Å². The number of para-hydroxylation sites is 2. The summed E-state index contributed by atoms with van der Waals surface area (Å²) in [6.45, 7) is 4.18. The van der Waals surface area contributed by atoms with Crippen molar-refractivity contribution in [1.82, 2.24) is 9.55 Å². The number of fused-ring (bicyclic) bond motifs is 1. The predicted molar refractivity (Wildman–Crippen MR) is 107 cm³/mol. The molecule has 3 aromatic rings. The van der Waals surface area contributed by atoms with Gasteiger partial charge in [-0.3, -0.25) is 4.79 Å². The Kier molecular flexibility index (Phi) is 5.32. The first-order valence-corrected chi connectivity index (χ1v) is 10.8. The van der Waals surface area contributed by atoms with Crippen molar-refractivity contribution < 1.29 is 13.2 Å². The van der Waals surface area contributed by atoms with Crippen molar-refractivity contribution in [2.75, 3.05) is 11.6 Å². The van der Waals surface area contributed by atoms with Crippen LogP contribution in [0, 0.1) is 0 Å². The summed E-state index contributed by atoms with van der Waals surface area (Å²) in [6, 6.07) is 15.0. The number of imidazole rings is 1. The highest BCUT2D eigenvalue weighted by Gasteiger charge is 2.17. The number of amides is 1. The number of nitrogens with one attached hydrogen (secondary N) is 1.